The molecule has 8 nitrogen and oxygen atoms in total. The predicted molar refractivity (Wildman–Crippen MR) is 134 cm³/mol. The Labute approximate surface area is 213 Å². The molecular formula is C27H19BrO8. The van der Waals surface area contributed by atoms with E-state index in [1.165, 1.54) is 18.2 Å². The van der Waals surface area contributed by atoms with E-state index in [4.69, 9.17) is 23.4 Å². The molecule has 0 aliphatic carbocycles. The number of ether oxygens (including phenoxy) is 4. The Morgan fingerprint density at radius 1 is 0.944 bits per heavy atom. The fraction of sp³-hybridized carbons (Fsp3) is 0.148. The van der Waals surface area contributed by atoms with Crippen LogP contribution in [0.15, 0.2) is 74.3 Å². The average Bonchev–Trinajstić information content (AvgIpc) is 2.88. The van der Waals surface area contributed by atoms with Crippen LogP contribution in [0.2, 0.25) is 0 Å². The highest BCUT2D eigenvalue weighted by Gasteiger charge is 2.25. The van der Waals surface area contributed by atoms with Crippen molar-refractivity contribution in [1.82, 2.24) is 0 Å². The number of rotatable bonds is 5. The summed E-state index contributed by atoms with van der Waals surface area (Å²) < 4.78 is 28.3. The molecule has 1 aliphatic rings. The largest absolute Gasteiger partial charge is 0.486 e. The lowest BCUT2D eigenvalue weighted by molar-refractivity contribution is 0.0491. The number of hydrogen-bond acceptors (Lipinski definition) is 8. The molecule has 36 heavy (non-hydrogen) atoms. The number of hydrogen-bond donors (Lipinski definition) is 0. The summed E-state index contributed by atoms with van der Waals surface area (Å²) in [6, 6.07) is 16.2. The zero-order chi connectivity index (χ0) is 25.2. The second kappa shape index (κ2) is 9.87. The first-order valence-electron chi connectivity index (χ1n) is 11.1. The summed E-state index contributed by atoms with van der Waals surface area (Å²) in [5, 5.41) is 0.202. The Morgan fingerprint density at radius 2 is 1.72 bits per heavy atom. The van der Waals surface area contributed by atoms with Gasteiger partial charge in [0.15, 0.2) is 11.5 Å². The molecule has 4 aromatic rings. The van der Waals surface area contributed by atoms with Crippen molar-refractivity contribution in [3.05, 3.63) is 86.7 Å². The highest BCUT2D eigenvalue weighted by atomic mass is 79.9. The number of esters is 2. The summed E-state index contributed by atoms with van der Waals surface area (Å²) in [6.45, 7) is 2.53. The minimum atomic E-state index is -0.794. The standard InChI is InChI=1S/C27H19BrO8/c1-2-32-27(31)25-23(15-7-10-20-22(13-15)34-12-11-33-20)24(29)18-9-8-16(14-21(18)36-25)35-26(30)17-5-3-4-6-19(17)28/h3-10,13-14H,2,11-12H2,1H3. The monoisotopic (exact) mass is 550 g/mol. The molecule has 1 aromatic heterocycles. The van der Waals surface area contributed by atoms with Crippen molar-refractivity contribution in [2.45, 2.75) is 6.92 Å². The molecule has 3 aromatic carbocycles. The lowest BCUT2D eigenvalue weighted by atomic mass is 10.0. The molecule has 0 unspecified atom stereocenters. The van der Waals surface area contributed by atoms with Crippen molar-refractivity contribution in [1.29, 1.82) is 0 Å². The zero-order valence-corrected chi connectivity index (χ0v) is 20.6. The van der Waals surface area contributed by atoms with Gasteiger partial charge in [-0.3, -0.25) is 4.79 Å². The highest BCUT2D eigenvalue weighted by molar-refractivity contribution is 9.10. The van der Waals surface area contributed by atoms with Crippen LogP contribution in [0.1, 0.15) is 27.8 Å². The van der Waals surface area contributed by atoms with Crippen LogP contribution >= 0.6 is 15.9 Å². The molecular weight excluding hydrogens is 532 g/mol. The van der Waals surface area contributed by atoms with Crippen molar-refractivity contribution in [2.24, 2.45) is 0 Å². The van der Waals surface area contributed by atoms with Crippen LogP contribution in [-0.2, 0) is 4.74 Å². The molecule has 182 valence electrons. The fourth-order valence-corrected chi connectivity index (χ4v) is 4.27. The van der Waals surface area contributed by atoms with E-state index in [9.17, 15) is 14.4 Å². The Morgan fingerprint density at radius 3 is 2.50 bits per heavy atom. The molecule has 9 heteroatoms. The van der Waals surface area contributed by atoms with E-state index in [2.05, 4.69) is 15.9 Å². The molecule has 0 spiro atoms. The van der Waals surface area contributed by atoms with Gasteiger partial charge in [-0.1, -0.05) is 18.2 Å². The van der Waals surface area contributed by atoms with E-state index >= 15 is 0 Å². The van der Waals surface area contributed by atoms with Gasteiger partial charge in [0.2, 0.25) is 11.2 Å². The van der Waals surface area contributed by atoms with Crippen LogP contribution in [0.5, 0.6) is 17.2 Å². The third-order valence-electron chi connectivity index (χ3n) is 5.46. The van der Waals surface area contributed by atoms with Gasteiger partial charge in [0.25, 0.3) is 0 Å². The quantitative estimate of drug-likeness (QED) is 0.241. The maximum atomic E-state index is 13.6. The maximum Gasteiger partial charge on any atom is 0.375 e. The average molecular weight is 551 g/mol. The van der Waals surface area contributed by atoms with Crippen molar-refractivity contribution in [2.75, 3.05) is 19.8 Å². The van der Waals surface area contributed by atoms with E-state index in [1.54, 1.807) is 49.4 Å². The summed E-state index contributed by atoms with van der Waals surface area (Å²) in [5.74, 6) is -0.500. The number of fused-ring (bicyclic) bond motifs is 2. The first-order chi connectivity index (χ1) is 17.5. The lowest BCUT2D eigenvalue weighted by Crippen LogP contribution is -2.17. The van der Waals surface area contributed by atoms with Crippen LogP contribution in [0.3, 0.4) is 0 Å². The van der Waals surface area contributed by atoms with E-state index in [1.807, 2.05) is 0 Å². The molecule has 0 radical (unpaired) electrons. The Balaban J connectivity index is 1.60. The van der Waals surface area contributed by atoms with Crippen LogP contribution in [-0.4, -0.2) is 31.8 Å². The second-order valence-corrected chi connectivity index (χ2v) is 8.60. The molecule has 0 saturated heterocycles. The van der Waals surface area contributed by atoms with Crippen LogP contribution in [0.25, 0.3) is 22.1 Å². The Bertz CT molecular complexity index is 1560. The van der Waals surface area contributed by atoms with E-state index in [0.717, 1.165) is 0 Å². The van der Waals surface area contributed by atoms with Crippen molar-refractivity contribution in [3.63, 3.8) is 0 Å². The second-order valence-electron chi connectivity index (χ2n) is 7.74. The molecule has 2 heterocycles. The first kappa shape index (κ1) is 23.6. The Hall–Kier alpha value is -4.11. The van der Waals surface area contributed by atoms with E-state index in [0.29, 0.717) is 40.3 Å². The molecule has 0 saturated carbocycles. The summed E-state index contributed by atoms with van der Waals surface area (Å²) in [7, 11) is 0. The molecule has 0 atom stereocenters. The van der Waals surface area contributed by atoms with Crippen LogP contribution in [0, 0.1) is 0 Å². The minimum absolute atomic E-state index is 0.0379. The topological polar surface area (TPSA) is 101 Å². The van der Waals surface area contributed by atoms with E-state index in [-0.39, 0.29) is 34.6 Å². The predicted octanol–water partition coefficient (Wildman–Crippen LogP) is 5.39. The molecule has 1 aliphatic heterocycles. The molecule has 5 rings (SSSR count). The van der Waals surface area contributed by atoms with Gasteiger partial charge < -0.3 is 23.4 Å². The van der Waals surface area contributed by atoms with Gasteiger partial charge in [-0.05, 0) is 64.8 Å². The minimum Gasteiger partial charge on any atom is -0.486 e. The van der Waals surface area contributed by atoms with Gasteiger partial charge in [-0.2, -0.15) is 0 Å². The maximum absolute atomic E-state index is 13.6. The van der Waals surface area contributed by atoms with Crippen molar-refractivity contribution < 1.29 is 33.0 Å². The van der Waals surface area contributed by atoms with Gasteiger partial charge >= 0.3 is 11.9 Å². The lowest BCUT2D eigenvalue weighted by Gasteiger charge is -2.19. The molecule has 0 amide bonds. The number of carbonyl (C=O) groups excluding carboxylic acids is 2. The van der Waals surface area contributed by atoms with Gasteiger partial charge in [0.1, 0.15) is 24.5 Å². The van der Waals surface area contributed by atoms with Gasteiger partial charge in [0.05, 0.1) is 23.1 Å². The van der Waals surface area contributed by atoms with Gasteiger partial charge in [-0.25, -0.2) is 9.59 Å². The summed E-state index contributed by atoms with van der Waals surface area (Å²) in [4.78, 5) is 39.0. The summed E-state index contributed by atoms with van der Waals surface area (Å²) >= 11 is 3.32. The summed E-state index contributed by atoms with van der Waals surface area (Å²) in [6.07, 6.45) is 0. The van der Waals surface area contributed by atoms with Gasteiger partial charge in [0, 0.05) is 10.5 Å². The number of benzene rings is 3. The number of halogens is 1. The van der Waals surface area contributed by atoms with Crippen LogP contribution < -0.4 is 19.6 Å². The first-order valence-corrected chi connectivity index (χ1v) is 11.9. The SMILES string of the molecule is CCOC(=O)c1oc2cc(OC(=O)c3ccccc3Br)ccc2c(=O)c1-c1ccc2c(c1)OCCO2. The van der Waals surface area contributed by atoms with E-state index < -0.39 is 17.4 Å². The Kier molecular flexibility index (Phi) is 6.47. The normalized spacial score (nSPS) is 12.3. The highest BCUT2D eigenvalue weighted by Crippen LogP contribution is 2.36. The third kappa shape index (κ3) is 4.45. The smallest absolute Gasteiger partial charge is 0.375 e. The van der Waals surface area contributed by atoms with Crippen molar-refractivity contribution in [3.8, 4) is 28.4 Å². The molecule has 0 bridgehead atoms. The summed E-state index contributed by atoms with van der Waals surface area (Å²) in [5.41, 5.74) is 0.417. The van der Waals surface area contributed by atoms with Crippen LogP contribution in [0.4, 0.5) is 0 Å². The van der Waals surface area contributed by atoms with Gasteiger partial charge in [-0.15, -0.1) is 0 Å². The number of carbonyl (C=O) groups is 2. The molecule has 0 fully saturated rings. The molecule has 0 N–H and O–H groups in total. The third-order valence-corrected chi connectivity index (χ3v) is 6.15. The zero-order valence-electron chi connectivity index (χ0n) is 19.0. The fourth-order valence-electron chi connectivity index (χ4n) is 3.83. The van der Waals surface area contributed by atoms with Crippen molar-refractivity contribution >= 4 is 38.8 Å².